The van der Waals surface area contributed by atoms with E-state index in [2.05, 4.69) is 5.32 Å². The second kappa shape index (κ2) is 8.22. The Morgan fingerprint density at radius 2 is 2.10 bits per heavy atom. The molecule has 1 aromatic rings. The van der Waals surface area contributed by atoms with Gasteiger partial charge in [0, 0.05) is 12.2 Å². The van der Waals surface area contributed by atoms with Crippen molar-refractivity contribution < 1.29 is 9.53 Å². The number of benzene rings is 1. The molecule has 0 aliphatic heterocycles. The number of hydrogen-bond acceptors (Lipinski definition) is 4. The predicted octanol–water partition coefficient (Wildman–Crippen LogP) is 2.61. The number of amides is 1. The summed E-state index contributed by atoms with van der Waals surface area (Å²) in [6.45, 7) is 7.11. The Labute approximate surface area is 131 Å². The summed E-state index contributed by atoms with van der Waals surface area (Å²) in [6.07, 6.45) is 0.194. The van der Waals surface area contributed by atoms with Crippen LogP contribution in [0.25, 0.3) is 0 Å². The molecule has 1 rings (SSSR count). The maximum absolute atomic E-state index is 12.2. The Morgan fingerprint density at radius 3 is 2.67 bits per heavy atom. The van der Waals surface area contributed by atoms with Crippen LogP contribution in [0.15, 0.2) is 18.2 Å². The van der Waals surface area contributed by atoms with Gasteiger partial charge in [-0.15, -0.1) is 0 Å². The van der Waals surface area contributed by atoms with E-state index in [1.807, 2.05) is 32.7 Å². The van der Waals surface area contributed by atoms with E-state index >= 15 is 0 Å². The first-order valence-electron chi connectivity index (χ1n) is 6.99. The third kappa shape index (κ3) is 5.91. The van der Waals surface area contributed by atoms with Crippen LogP contribution >= 0.6 is 11.6 Å². The molecule has 0 radical (unpaired) electrons. The molecule has 0 spiro atoms. The standard InChI is InChI=1S/C15H24ClN3O2/c1-10(2)21-8-7-19(4)11(3)15(20)18-12-5-6-13(16)14(17)9-12/h5-6,9-11H,7-8,17H2,1-4H3,(H,18,20). The van der Waals surface area contributed by atoms with E-state index in [9.17, 15) is 4.79 Å². The van der Waals surface area contributed by atoms with Gasteiger partial charge in [-0.05, 0) is 46.0 Å². The molecule has 0 aromatic heterocycles. The minimum atomic E-state index is -0.266. The highest BCUT2D eigenvalue weighted by Crippen LogP contribution is 2.22. The van der Waals surface area contributed by atoms with Crippen molar-refractivity contribution in [1.82, 2.24) is 4.90 Å². The number of anilines is 2. The van der Waals surface area contributed by atoms with Crippen LogP contribution in [0.2, 0.25) is 5.02 Å². The smallest absolute Gasteiger partial charge is 0.241 e. The minimum absolute atomic E-state index is 0.0937. The van der Waals surface area contributed by atoms with Crippen LogP contribution in [0, 0.1) is 0 Å². The number of hydrogen-bond donors (Lipinski definition) is 2. The van der Waals surface area contributed by atoms with Gasteiger partial charge in [-0.1, -0.05) is 11.6 Å². The summed E-state index contributed by atoms with van der Waals surface area (Å²) in [6, 6.07) is 4.77. The van der Waals surface area contributed by atoms with E-state index in [0.717, 1.165) is 0 Å². The molecule has 5 nitrogen and oxygen atoms in total. The Morgan fingerprint density at radius 1 is 1.43 bits per heavy atom. The molecule has 0 aliphatic rings. The summed E-state index contributed by atoms with van der Waals surface area (Å²) in [5.41, 5.74) is 6.80. The van der Waals surface area contributed by atoms with Crippen molar-refractivity contribution in [2.45, 2.75) is 32.9 Å². The molecule has 6 heteroatoms. The first-order chi connectivity index (χ1) is 9.81. The summed E-state index contributed by atoms with van der Waals surface area (Å²) >= 11 is 5.85. The molecule has 1 amide bonds. The van der Waals surface area contributed by atoms with Crippen molar-refractivity contribution in [3.05, 3.63) is 23.2 Å². The Kier molecular flexibility index (Phi) is 6.95. The van der Waals surface area contributed by atoms with Crippen molar-refractivity contribution in [2.24, 2.45) is 0 Å². The normalized spacial score (nSPS) is 12.7. The van der Waals surface area contributed by atoms with Gasteiger partial charge in [-0.3, -0.25) is 9.69 Å². The summed E-state index contributed by atoms with van der Waals surface area (Å²) in [4.78, 5) is 14.1. The van der Waals surface area contributed by atoms with Crippen molar-refractivity contribution in [3.8, 4) is 0 Å². The Bertz CT molecular complexity index is 480. The fraction of sp³-hybridized carbons (Fsp3) is 0.533. The van der Waals surface area contributed by atoms with E-state index in [-0.39, 0.29) is 18.1 Å². The number of likely N-dealkylation sites (N-methyl/N-ethyl adjacent to an activating group) is 1. The highest BCUT2D eigenvalue weighted by Gasteiger charge is 2.18. The number of ether oxygens (including phenoxy) is 1. The molecular formula is C15H24ClN3O2. The average Bonchev–Trinajstić information content (AvgIpc) is 2.41. The second-order valence-corrected chi connectivity index (χ2v) is 5.71. The van der Waals surface area contributed by atoms with Gasteiger partial charge in [0.15, 0.2) is 0 Å². The number of nitrogen functional groups attached to an aromatic ring is 1. The highest BCUT2D eigenvalue weighted by atomic mass is 35.5. The third-order valence-corrected chi connectivity index (χ3v) is 3.54. The van der Waals surface area contributed by atoms with E-state index in [1.54, 1.807) is 18.2 Å². The first-order valence-corrected chi connectivity index (χ1v) is 7.36. The lowest BCUT2D eigenvalue weighted by Gasteiger charge is -2.24. The third-order valence-electron chi connectivity index (χ3n) is 3.20. The van der Waals surface area contributed by atoms with Crippen LogP contribution in [0.3, 0.4) is 0 Å². The zero-order chi connectivity index (χ0) is 16.0. The Hall–Kier alpha value is -1.30. The summed E-state index contributed by atoms with van der Waals surface area (Å²) in [7, 11) is 1.89. The van der Waals surface area contributed by atoms with Gasteiger partial charge in [-0.25, -0.2) is 0 Å². The molecule has 118 valence electrons. The van der Waals surface area contributed by atoms with E-state index in [4.69, 9.17) is 22.1 Å². The molecule has 0 heterocycles. The number of rotatable bonds is 7. The number of nitrogens with two attached hydrogens (primary N) is 1. The number of halogens is 1. The average molecular weight is 314 g/mol. The number of carbonyl (C=O) groups is 1. The van der Waals surface area contributed by atoms with Crippen molar-refractivity contribution in [2.75, 3.05) is 31.2 Å². The van der Waals surface area contributed by atoms with E-state index in [0.29, 0.717) is 29.5 Å². The molecule has 0 bridgehead atoms. The van der Waals surface area contributed by atoms with Crippen molar-refractivity contribution in [1.29, 1.82) is 0 Å². The van der Waals surface area contributed by atoms with E-state index < -0.39 is 0 Å². The monoisotopic (exact) mass is 313 g/mol. The second-order valence-electron chi connectivity index (χ2n) is 5.30. The maximum atomic E-state index is 12.2. The van der Waals surface area contributed by atoms with Crippen LogP contribution in [-0.4, -0.2) is 43.2 Å². The largest absolute Gasteiger partial charge is 0.397 e. The van der Waals surface area contributed by atoms with Crippen LogP contribution in [-0.2, 0) is 9.53 Å². The van der Waals surface area contributed by atoms with Crippen molar-refractivity contribution >= 4 is 28.9 Å². The lowest BCUT2D eigenvalue weighted by molar-refractivity contribution is -0.120. The van der Waals surface area contributed by atoms with Gasteiger partial charge >= 0.3 is 0 Å². The first kappa shape index (κ1) is 17.8. The fourth-order valence-corrected chi connectivity index (χ4v) is 1.81. The zero-order valence-corrected chi connectivity index (χ0v) is 13.8. The summed E-state index contributed by atoms with van der Waals surface area (Å²) in [5, 5.41) is 3.31. The molecule has 0 fully saturated rings. The zero-order valence-electron chi connectivity index (χ0n) is 13.0. The number of nitrogens with zero attached hydrogens (tertiary/aromatic N) is 1. The van der Waals surface area contributed by atoms with Gasteiger partial charge in [0.25, 0.3) is 0 Å². The molecule has 21 heavy (non-hydrogen) atoms. The molecule has 0 aliphatic carbocycles. The Balaban J connectivity index is 2.51. The van der Waals surface area contributed by atoms with Crippen LogP contribution in [0.1, 0.15) is 20.8 Å². The van der Waals surface area contributed by atoms with E-state index in [1.165, 1.54) is 0 Å². The summed E-state index contributed by atoms with van der Waals surface area (Å²) < 4.78 is 5.49. The lowest BCUT2D eigenvalue weighted by atomic mass is 10.2. The van der Waals surface area contributed by atoms with Gasteiger partial charge < -0.3 is 15.8 Å². The lowest BCUT2D eigenvalue weighted by Crippen LogP contribution is -2.41. The maximum Gasteiger partial charge on any atom is 0.241 e. The van der Waals surface area contributed by atoms with Crippen molar-refractivity contribution in [3.63, 3.8) is 0 Å². The van der Waals surface area contributed by atoms with Crippen LogP contribution in [0.5, 0.6) is 0 Å². The molecule has 1 aromatic carbocycles. The summed E-state index contributed by atoms with van der Waals surface area (Å²) in [5.74, 6) is -0.0937. The van der Waals surface area contributed by atoms with Gasteiger partial charge in [0.05, 0.1) is 29.5 Å². The van der Waals surface area contributed by atoms with Gasteiger partial charge in [0.1, 0.15) is 0 Å². The molecule has 0 saturated carbocycles. The number of carbonyl (C=O) groups excluding carboxylic acids is 1. The highest BCUT2D eigenvalue weighted by molar-refractivity contribution is 6.33. The predicted molar refractivity (Wildman–Crippen MR) is 87.7 cm³/mol. The molecule has 1 unspecified atom stereocenters. The van der Waals surface area contributed by atoms with Crippen LogP contribution in [0.4, 0.5) is 11.4 Å². The quantitative estimate of drug-likeness (QED) is 0.759. The van der Waals surface area contributed by atoms with Gasteiger partial charge in [0.2, 0.25) is 5.91 Å². The molecular weight excluding hydrogens is 290 g/mol. The fourth-order valence-electron chi connectivity index (χ4n) is 1.69. The molecule has 0 saturated heterocycles. The molecule has 3 N–H and O–H groups in total. The molecule has 1 atom stereocenters. The minimum Gasteiger partial charge on any atom is -0.397 e. The SMILES string of the molecule is CC(C)OCCN(C)C(C)C(=O)Nc1ccc(Cl)c(N)c1. The van der Waals surface area contributed by atoms with Gasteiger partial charge in [-0.2, -0.15) is 0 Å². The van der Waals surface area contributed by atoms with Crippen LogP contribution < -0.4 is 11.1 Å². The number of nitrogens with one attached hydrogen (secondary N) is 1. The topological polar surface area (TPSA) is 67.6 Å².